The van der Waals surface area contributed by atoms with Gasteiger partial charge in [0, 0.05) is 0 Å². The first-order valence-corrected chi connectivity index (χ1v) is 7.79. The van der Waals surface area contributed by atoms with Crippen molar-refractivity contribution < 1.29 is 0 Å². The Labute approximate surface area is 101 Å². The maximum Gasteiger partial charge on any atom is -0.0352 e. The Morgan fingerprint density at radius 3 is 1.19 bits per heavy atom. The summed E-state index contributed by atoms with van der Waals surface area (Å²) in [6, 6.07) is 0. The monoisotopic (exact) mass is 220 g/mol. The minimum atomic E-state index is 1.02. The van der Waals surface area contributed by atoms with Crippen molar-refractivity contribution in [3.63, 3.8) is 0 Å². The normalized spacial score (nSPS) is 52.9. The highest BCUT2D eigenvalue weighted by Crippen LogP contribution is 2.55. The van der Waals surface area contributed by atoms with Crippen LogP contribution in [-0.2, 0) is 0 Å². The molecule has 92 valence electrons. The lowest BCUT2D eigenvalue weighted by Gasteiger charge is -2.54. The number of fused-ring (bicyclic) bond motifs is 3. The Balaban J connectivity index is 1.84. The number of hydrogen-bond donors (Lipinski definition) is 0. The molecule has 0 radical (unpaired) electrons. The van der Waals surface area contributed by atoms with Gasteiger partial charge < -0.3 is 0 Å². The largest absolute Gasteiger partial charge is 0.0620 e. The number of hydrogen-bond acceptors (Lipinski definition) is 0. The first kappa shape index (κ1) is 11.1. The van der Waals surface area contributed by atoms with E-state index in [-0.39, 0.29) is 0 Å². The Bertz CT molecular complexity index is 218. The van der Waals surface area contributed by atoms with Gasteiger partial charge in [0.25, 0.3) is 0 Å². The molecule has 3 fully saturated rings. The Morgan fingerprint density at radius 2 is 0.812 bits per heavy atom. The molecule has 0 bridgehead atoms. The molecule has 0 N–H and O–H groups in total. The van der Waals surface area contributed by atoms with Gasteiger partial charge in [-0.1, -0.05) is 39.5 Å². The Kier molecular flexibility index (Phi) is 3.02. The van der Waals surface area contributed by atoms with Crippen LogP contribution in [0.4, 0.5) is 0 Å². The summed E-state index contributed by atoms with van der Waals surface area (Å²) < 4.78 is 0. The second kappa shape index (κ2) is 4.35. The molecule has 16 heavy (non-hydrogen) atoms. The lowest BCUT2D eigenvalue weighted by Crippen LogP contribution is -2.46. The highest BCUT2D eigenvalue weighted by molar-refractivity contribution is 4.96. The molecule has 0 aliphatic heterocycles. The highest BCUT2D eigenvalue weighted by atomic mass is 14.5. The van der Waals surface area contributed by atoms with Crippen LogP contribution in [0.3, 0.4) is 0 Å². The van der Waals surface area contributed by atoms with Gasteiger partial charge in [0.15, 0.2) is 0 Å². The summed E-state index contributed by atoms with van der Waals surface area (Å²) in [6.45, 7) is 5.14. The van der Waals surface area contributed by atoms with Crippen LogP contribution < -0.4 is 0 Å². The summed E-state index contributed by atoms with van der Waals surface area (Å²) in [5.41, 5.74) is 0. The van der Waals surface area contributed by atoms with Gasteiger partial charge in [-0.2, -0.15) is 0 Å². The van der Waals surface area contributed by atoms with E-state index in [1.54, 1.807) is 25.7 Å². The van der Waals surface area contributed by atoms with E-state index < -0.39 is 0 Å². The fraction of sp³-hybridized carbons (Fsp3) is 1.00. The molecule has 0 spiro atoms. The average Bonchev–Trinajstić information content (AvgIpc) is 2.36. The molecule has 0 heteroatoms. The van der Waals surface area contributed by atoms with Gasteiger partial charge in [-0.05, 0) is 61.2 Å². The van der Waals surface area contributed by atoms with Crippen molar-refractivity contribution in [1.82, 2.24) is 0 Å². The zero-order valence-electron chi connectivity index (χ0n) is 11.1. The summed E-state index contributed by atoms with van der Waals surface area (Å²) in [6.07, 6.45) is 12.4. The van der Waals surface area contributed by atoms with E-state index in [0.29, 0.717) is 0 Å². The van der Waals surface area contributed by atoms with Crippen LogP contribution in [0, 0.1) is 35.5 Å². The van der Waals surface area contributed by atoms with Crippen molar-refractivity contribution >= 4 is 0 Å². The van der Waals surface area contributed by atoms with E-state index in [1.165, 1.54) is 25.7 Å². The van der Waals surface area contributed by atoms with Crippen LogP contribution in [0.5, 0.6) is 0 Å². The van der Waals surface area contributed by atoms with Crippen molar-refractivity contribution in [2.75, 3.05) is 0 Å². The quantitative estimate of drug-likeness (QED) is 0.545. The van der Waals surface area contributed by atoms with Crippen molar-refractivity contribution in [3.05, 3.63) is 0 Å². The summed E-state index contributed by atoms with van der Waals surface area (Å²) in [5.74, 6) is 6.50. The molecule has 0 saturated heterocycles. The average molecular weight is 220 g/mol. The zero-order chi connectivity index (χ0) is 11.1. The summed E-state index contributed by atoms with van der Waals surface area (Å²) in [4.78, 5) is 0. The Morgan fingerprint density at radius 1 is 0.500 bits per heavy atom. The molecule has 3 saturated carbocycles. The van der Waals surface area contributed by atoms with Gasteiger partial charge in [0.05, 0.1) is 0 Å². The third-order valence-corrected chi connectivity index (χ3v) is 6.48. The third-order valence-electron chi connectivity index (χ3n) is 6.48. The first-order chi connectivity index (χ1) is 7.79. The van der Waals surface area contributed by atoms with Crippen molar-refractivity contribution in [2.24, 2.45) is 35.5 Å². The van der Waals surface area contributed by atoms with Crippen LogP contribution in [0.15, 0.2) is 0 Å². The molecule has 0 aromatic heterocycles. The standard InChI is InChI=1S/C16H28/c1-11-12(2)14-8-4-6-10-16(14)15-9-5-3-7-13(11)15/h11-16H,3-10H2,1-2H3/t11-,12+,13?,14?,15?,16?. The first-order valence-electron chi connectivity index (χ1n) is 7.79. The van der Waals surface area contributed by atoms with Crippen LogP contribution in [-0.4, -0.2) is 0 Å². The van der Waals surface area contributed by atoms with Gasteiger partial charge in [0.2, 0.25) is 0 Å². The third kappa shape index (κ3) is 1.64. The minimum absolute atomic E-state index is 1.02. The summed E-state index contributed by atoms with van der Waals surface area (Å²) in [7, 11) is 0. The molecule has 0 aromatic carbocycles. The highest BCUT2D eigenvalue weighted by Gasteiger charge is 2.47. The van der Waals surface area contributed by atoms with Crippen LogP contribution >= 0.6 is 0 Å². The molecule has 0 aromatic rings. The van der Waals surface area contributed by atoms with Crippen molar-refractivity contribution in [2.45, 2.75) is 65.2 Å². The van der Waals surface area contributed by atoms with E-state index >= 15 is 0 Å². The minimum Gasteiger partial charge on any atom is -0.0620 e. The van der Waals surface area contributed by atoms with E-state index in [0.717, 1.165) is 35.5 Å². The maximum absolute atomic E-state index is 2.57. The molecule has 3 rings (SSSR count). The molecule has 0 heterocycles. The molecule has 6 atom stereocenters. The predicted octanol–water partition coefficient (Wildman–Crippen LogP) is 4.89. The van der Waals surface area contributed by atoms with Crippen molar-refractivity contribution in [1.29, 1.82) is 0 Å². The lowest BCUT2D eigenvalue weighted by atomic mass is 9.51. The SMILES string of the molecule is C[C@@H]1C2CCCCC2C2CCCCC2[C@@H]1C. The van der Waals surface area contributed by atoms with Gasteiger partial charge in [-0.15, -0.1) is 0 Å². The van der Waals surface area contributed by atoms with Crippen LogP contribution in [0.2, 0.25) is 0 Å². The smallest absolute Gasteiger partial charge is 0.0352 e. The molecule has 3 aliphatic rings. The Hall–Kier alpha value is 0. The topological polar surface area (TPSA) is 0 Å². The van der Waals surface area contributed by atoms with Crippen LogP contribution in [0.1, 0.15) is 65.2 Å². The summed E-state index contributed by atoms with van der Waals surface area (Å²) >= 11 is 0. The molecule has 4 unspecified atom stereocenters. The van der Waals surface area contributed by atoms with Crippen LogP contribution in [0.25, 0.3) is 0 Å². The molecular formula is C16H28. The van der Waals surface area contributed by atoms with E-state index in [2.05, 4.69) is 13.8 Å². The van der Waals surface area contributed by atoms with Gasteiger partial charge in [-0.25, -0.2) is 0 Å². The second-order valence-electron chi connectivity index (χ2n) is 6.94. The second-order valence-corrected chi connectivity index (χ2v) is 6.94. The van der Waals surface area contributed by atoms with E-state index in [9.17, 15) is 0 Å². The van der Waals surface area contributed by atoms with E-state index in [4.69, 9.17) is 0 Å². The fourth-order valence-corrected chi connectivity index (χ4v) is 5.53. The predicted molar refractivity (Wildman–Crippen MR) is 69.2 cm³/mol. The molecular weight excluding hydrogens is 192 g/mol. The van der Waals surface area contributed by atoms with E-state index in [1.807, 2.05) is 0 Å². The van der Waals surface area contributed by atoms with Gasteiger partial charge in [0.1, 0.15) is 0 Å². The zero-order valence-corrected chi connectivity index (χ0v) is 11.1. The molecule has 0 nitrogen and oxygen atoms in total. The van der Waals surface area contributed by atoms with Crippen molar-refractivity contribution in [3.8, 4) is 0 Å². The molecule has 0 amide bonds. The molecule has 3 aliphatic carbocycles. The summed E-state index contributed by atoms with van der Waals surface area (Å²) in [5, 5.41) is 0. The fourth-order valence-electron chi connectivity index (χ4n) is 5.53. The van der Waals surface area contributed by atoms with Gasteiger partial charge in [-0.3, -0.25) is 0 Å². The van der Waals surface area contributed by atoms with Gasteiger partial charge >= 0.3 is 0 Å². The lowest BCUT2D eigenvalue weighted by molar-refractivity contribution is -0.0484. The number of rotatable bonds is 0. The maximum atomic E-state index is 2.57.